The zero-order valence-electron chi connectivity index (χ0n) is 21.7. The highest BCUT2D eigenvalue weighted by Crippen LogP contribution is 2.36. The minimum absolute atomic E-state index is 0.0944. The third kappa shape index (κ3) is 4.68. The van der Waals surface area contributed by atoms with Crippen LogP contribution in [0.3, 0.4) is 0 Å². The molecule has 0 atom stereocenters. The molecule has 0 aliphatic rings. The number of pyridine rings is 1. The summed E-state index contributed by atoms with van der Waals surface area (Å²) in [5.74, 6) is -0.673. The number of nitrogen functional groups attached to an aromatic ring is 1. The van der Waals surface area contributed by atoms with Crippen molar-refractivity contribution < 1.29 is 4.79 Å². The lowest BCUT2D eigenvalue weighted by atomic mass is 9.96. The summed E-state index contributed by atoms with van der Waals surface area (Å²) in [6, 6.07) is 18.0. The van der Waals surface area contributed by atoms with E-state index in [0.717, 1.165) is 5.39 Å². The van der Waals surface area contributed by atoms with Gasteiger partial charge in [-0.1, -0.05) is 29.8 Å². The van der Waals surface area contributed by atoms with Crippen LogP contribution in [0.1, 0.15) is 46.9 Å². The Bertz CT molecular complexity index is 1900. The third-order valence-corrected chi connectivity index (χ3v) is 6.85. The van der Waals surface area contributed by atoms with Gasteiger partial charge in [-0.15, -0.1) is 0 Å². The molecule has 40 heavy (non-hydrogen) atoms. The fourth-order valence-electron chi connectivity index (χ4n) is 4.42. The lowest BCUT2D eigenvalue weighted by molar-refractivity contribution is 0.0906. The Morgan fingerprint density at radius 1 is 1.05 bits per heavy atom. The molecule has 0 saturated heterocycles. The van der Waals surface area contributed by atoms with Gasteiger partial charge < -0.3 is 11.1 Å². The van der Waals surface area contributed by atoms with Gasteiger partial charge in [0.1, 0.15) is 11.8 Å². The Morgan fingerprint density at radius 3 is 2.58 bits per heavy atom. The quantitative estimate of drug-likeness (QED) is 0.275. The molecule has 0 radical (unpaired) electrons. The molecule has 0 saturated carbocycles. The summed E-state index contributed by atoms with van der Waals surface area (Å²) in [7, 11) is 0. The number of H-pyrrole nitrogens is 1. The van der Waals surface area contributed by atoms with Crippen LogP contribution in [-0.4, -0.2) is 31.1 Å². The Hall–Kier alpha value is -5.32. The van der Waals surface area contributed by atoms with Crippen LogP contribution in [0.25, 0.3) is 33.4 Å². The molecule has 4 N–H and O–H groups in total. The maximum absolute atomic E-state index is 13.6. The molecular formula is C29H22ClN9O. The number of carbonyl (C=O) groups is 1. The molecule has 0 spiro atoms. The summed E-state index contributed by atoms with van der Waals surface area (Å²) in [6.45, 7) is 5.33. The van der Waals surface area contributed by atoms with E-state index in [1.54, 1.807) is 56.4 Å². The molecule has 5 rings (SSSR count). The number of halogens is 1. The fourth-order valence-corrected chi connectivity index (χ4v) is 4.69. The summed E-state index contributed by atoms with van der Waals surface area (Å²) in [5.41, 5.74) is 9.79. The molecular weight excluding hydrogens is 526 g/mol. The highest BCUT2D eigenvalue weighted by Gasteiger charge is 2.29. The fraction of sp³-hybridized carbons (Fsp3) is 0.138. The lowest BCUT2D eigenvalue weighted by Gasteiger charge is -2.26. The first-order valence-electron chi connectivity index (χ1n) is 12.1. The molecule has 0 unspecified atom stereocenters. The van der Waals surface area contributed by atoms with E-state index in [9.17, 15) is 15.3 Å². The van der Waals surface area contributed by atoms with Crippen LogP contribution in [-0.2, 0) is 5.54 Å². The molecule has 5 aromatic rings. The zero-order chi connectivity index (χ0) is 28.6. The molecule has 11 heteroatoms. The van der Waals surface area contributed by atoms with Crippen molar-refractivity contribution in [3.63, 3.8) is 0 Å². The number of hydrogen-bond donors (Lipinski definition) is 3. The molecule has 3 aromatic heterocycles. The molecule has 0 aliphatic heterocycles. The van der Waals surface area contributed by atoms with Gasteiger partial charge in [-0.25, -0.2) is 15.0 Å². The van der Waals surface area contributed by atoms with E-state index in [4.69, 9.17) is 22.3 Å². The Labute approximate surface area is 234 Å². The predicted octanol–water partition coefficient (Wildman–Crippen LogP) is 5.03. The van der Waals surface area contributed by atoms with E-state index >= 15 is 0 Å². The molecule has 2 aromatic carbocycles. The largest absolute Gasteiger partial charge is 0.382 e. The SMILES string of the molecule is Cc1c(C#N)cccc1-c1nc(N)c(C(=O)NC(C)(C)c2cccc(C#N)n2)nc1-c1cc(Cl)c2[nH]ncc2c1. The molecule has 3 heterocycles. The standard InChI is InChI=1S/C29H22ClN9O/c1-15-16(12-31)6-4-8-20(15)25-24(17-10-18-14-34-39-23(18)21(30)11-17)36-26(27(33)37-25)28(40)38-29(2,3)22-9-5-7-19(13-32)35-22/h4-11,14H,1-3H3,(H2,33,37)(H,34,39)(H,38,40). The highest BCUT2D eigenvalue weighted by atomic mass is 35.5. The average Bonchev–Trinajstić information content (AvgIpc) is 3.42. The second-order valence-electron chi connectivity index (χ2n) is 9.64. The van der Waals surface area contributed by atoms with Gasteiger partial charge in [0.2, 0.25) is 0 Å². The lowest BCUT2D eigenvalue weighted by Crippen LogP contribution is -2.42. The number of hydrogen-bond acceptors (Lipinski definition) is 8. The van der Waals surface area contributed by atoms with Gasteiger partial charge in [0.05, 0.1) is 51.0 Å². The maximum atomic E-state index is 13.6. The first-order valence-corrected chi connectivity index (χ1v) is 12.5. The summed E-state index contributed by atoms with van der Waals surface area (Å²) in [6.07, 6.45) is 1.63. The van der Waals surface area contributed by atoms with E-state index in [1.165, 1.54) is 0 Å². The zero-order valence-corrected chi connectivity index (χ0v) is 22.5. The summed E-state index contributed by atoms with van der Waals surface area (Å²) in [5, 5.41) is 29.8. The number of fused-ring (bicyclic) bond motifs is 1. The number of benzene rings is 2. The number of aromatic nitrogens is 5. The van der Waals surface area contributed by atoms with Gasteiger partial charge in [0, 0.05) is 16.5 Å². The van der Waals surface area contributed by atoms with Crippen LogP contribution < -0.4 is 11.1 Å². The van der Waals surface area contributed by atoms with Gasteiger partial charge in [-0.2, -0.15) is 15.6 Å². The number of aromatic amines is 1. The Kier molecular flexibility index (Phi) is 6.64. The first kappa shape index (κ1) is 26.3. The smallest absolute Gasteiger partial charge is 0.274 e. The van der Waals surface area contributed by atoms with Gasteiger partial charge in [-0.3, -0.25) is 9.89 Å². The normalized spacial score (nSPS) is 11.2. The number of nitriles is 2. The van der Waals surface area contributed by atoms with E-state index in [0.29, 0.717) is 49.9 Å². The van der Waals surface area contributed by atoms with Crippen molar-refractivity contribution in [3.8, 4) is 34.7 Å². The Morgan fingerprint density at radius 2 is 1.82 bits per heavy atom. The second kappa shape index (κ2) is 10.1. The number of anilines is 1. The number of amides is 1. The van der Waals surface area contributed by atoms with E-state index in [2.05, 4.69) is 31.6 Å². The van der Waals surface area contributed by atoms with Crippen LogP contribution in [0.2, 0.25) is 5.02 Å². The minimum atomic E-state index is -0.965. The van der Waals surface area contributed by atoms with Crippen molar-refractivity contribution in [1.82, 2.24) is 30.5 Å². The van der Waals surface area contributed by atoms with Crippen molar-refractivity contribution in [2.75, 3.05) is 5.73 Å². The topological polar surface area (TPSA) is 170 Å². The van der Waals surface area contributed by atoms with Crippen LogP contribution in [0.15, 0.2) is 54.7 Å². The summed E-state index contributed by atoms with van der Waals surface area (Å²) < 4.78 is 0. The molecule has 10 nitrogen and oxygen atoms in total. The number of carbonyl (C=O) groups excluding carboxylic acids is 1. The summed E-state index contributed by atoms with van der Waals surface area (Å²) in [4.78, 5) is 27.2. The Balaban J connectivity index is 1.67. The molecule has 0 aliphatic carbocycles. The van der Waals surface area contributed by atoms with Crippen molar-refractivity contribution in [3.05, 3.63) is 88.0 Å². The van der Waals surface area contributed by atoms with Gasteiger partial charge >= 0.3 is 0 Å². The van der Waals surface area contributed by atoms with Crippen molar-refractivity contribution in [2.45, 2.75) is 26.3 Å². The van der Waals surface area contributed by atoms with Crippen LogP contribution in [0, 0.1) is 29.6 Å². The van der Waals surface area contributed by atoms with Crippen LogP contribution in [0.5, 0.6) is 0 Å². The van der Waals surface area contributed by atoms with Gasteiger partial charge in [0.15, 0.2) is 11.5 Å². The predicted molar refractivity (Wildman–Crippen MR) is 151 cm³/mol. The monoisotopic (exact) mass is 547 g/mol. The average molecular weight is 548 g/mol. The van der Waals surface area contributed by atoms with Gasteiger partial charge in [0.25, 0.3) is 5.91 Å². The van der Waals surface area contributed by atoms with E-state index < -0.39 is 11.4 Å². The third-order valence-electron chi connectivity index (χ3n) is 6.55. The van der Waals surface area contributed by atoms with Crippen molar-refractivity contribution in [1.29, 1.82) is 10.5 Å². The summed E-state index contributed by atoms with van der Waals surface area (Å²) >= 11 is 6.55. The van der Waals surface area contributed by atoms with Crippen molar-refractivity contribution >= 4 is 34.2 Å². The second-order valence-corrected chi connectivity index (χ2v) is 10.0. The van der Waals surface area contributed by atoms with Crippen molar-refractivity contribution in [2.24, 2.45) is 0 Å². The first-order chi connectivity index (χ1) is 19.1. The number of nitrogens with two attached hydrogens (primary N) is 1. The number of rotatable bonds is 5. The van der Waals surface area contributed by atoms with Crippen LogP contribution >= 0.6 is 11.6 Å². The molecule has 0 fully saturated rings. The van der Waals surface area contributed by atoms with Crippen LogP contribution in [0.4, 0.5) is 5.82 Å². The van der Waals surface area contributed by atoms with Gasteiger partial charge in [-0.05, 0) is 56.7 Å². The van der Waals surface area contributed by atoms with E-state index in [-0.39, 0.29) is 17.2 Å². The molecule has 0 bridgehead atoms. The number of nitrogens with zero attached hydrogens (tertiary/aromatic N) is 6. The van der Waals surface area contributed by atoms with E-state index in [1.807, 2.05) is 25.1 Å². The highest BCUT2D eigenvalue weighted by molar-refractivity contribution is 6.35. The molecule has 196 valence electrons. The maximum Gasteiger partial charge on any atom is 0.274 e. The minimum Gasteiger partial charge on any atom is -0.382 e. The number of nitrogens with one attached hydrogen (secondary N) is 2. The molecule has 1 amide bonds.